The minimum atomic E-state index is -1.29. The van der Waals surface area contributed by atoms with Crippen LogP contribution in [-0.4, -0.2) is 57.8 Å². The van der Waals surface area contributed by atoms with E-state index in [1.165, 1.54) is 0 Å². The first-order chi connectivity index (χ1) is 17.7. The van der Waals surface area contributed by atoms with Gasteiger partial charge in [0.25, 0.3) is 0 Å². The van der Waals surface area contributed by atoms with Crippen molar-refractivity contribution in [3.63, 3.8) is 0 Å². The molecule has 1 spiro atoms. The average Bonchev–Trinajstić information content (AvgIpc) is 3.39. The van der Waals surface area contributed by atoms with Gasteiger partial charge in [-0.2, -0.15) is 0 Å². The van der Waals surface area contributed by atoms with Crippen molar-refractivity contribution < 1.29 is 43.2 Å². The topological polar surface area (TPSA) is 125 Å². The molecule has 0 aromatic rings. The predicted octanol–water partition coefficient (Wildman–Crippen LogP) is 2.93. The summed E-state index contributed by atoms with van der Waals surface area (Å²) in [5, 5.41) is 12.3. The number of carbonyl (C=O) groups excluding carboxylic acids is 4. The fraction of sp³-hybridized carbons (Fsp3) is 0.724. The number of fused-ring (bicyclic) bond motifs is 3. The summed E-state index contributed by atoms with van der Waals surface area (Å²) in [6.07, 6.45) is 3.91. The van der Waals surface area contributed by atoms with Gasteiger partial charge in [-0.25, -0.2) is 4.79 Å². The van der Waals surface area contributed by atoms with E-state index in [-0.39, 0.29) is 49.3 Å². The molecule has 6 aliphatic rings. The van der Waals surface area contributed by atoms with Gasteiger partial charge in [0.1, 0.15) is 29.4 Å². The minimum Gasteiger partial charge on any atom is -0.462 e. The number of rotatable bonds is 3. The molecule has 1 N–H and O–H groups in total. The van der Waals surface area contributed by atoms with Crippen molar-refractivity contribution in [3.8, 4) is 0 Å². The molecular formula is C29H36O9. The summed E-state index contributed by atoms with van der Waals surface area (Å²) in [7, 11) is 0. The van der Waals surface area contributed by atoms with E-state index in [0.717, 1.165) is 0 Å². The van der Waals surface area contributed by atoms with Gasteiger partial charge in [-0.05, 0) is 52.2 Å². The molecule has 9 nitrogen and oxygen atoms in total. The molecule has 3 saturated heterocycles. The normalized spacial score (nSPS) is 46.7. The van der Waals surface area contributed by atoms with Crippen LogP contribution in [0.2, 0.25) is 0 Å². The van der Waals surface area contributed by atoms with Gasteiger partial charge in [0.05, 0.1) is 24.0 Å². The summed E-state index contributed by atoms with van der Waals surface area (Å²) in [4.78, 5) is 51.1. The van der Waals surface area contributed by atoms with Crippen LogP contribution < -0.4 is 0 Å². The molecule has 4 heterocycles. The summed E-state index contributed by atoms with van der Waals surface area (Å²) in [5.41, 5.74) is -3.35. The van der Waals surface area contributed by atoms with Crippen LogP contribution in [0.1, 0.15) is 73.1 Å². The third-order valence-electron chi connectivity index (χ3n) is 10.4. The van der Waals surface area contributed by atoms with Gasteiger partial charge in [0.15, 0.2) is 0 Å². The molecule has 0 radical (unpaired) electrons. The van der Waals surface area contributed by atoms with Crippen LogP contribution in [0, 0.1) is 29.1 Å². The van der Waals surface area contributed by atoms with E-state index >= 15 is 0 Å². The Bertz CT molecular complexity index is 1200. The third kappa shape index (κ3) is 3.50. The van der Waals surface area contributed by atoms with E-state index in [1.807, 2.05) is 13.8 Å². The summed E-state index contributed by atoms with van der Waals surface area (Å²) in [5.74, 6) is -2.54. The zero-order valence-electron chi connectivity index (χ0n) is 22.6. The van der Waals surface area contributed by atoms with Crippen LogP contribution in [0.3, 0.4) is 0 Å². The number of ketones is 1. The first-order valence-corrected chi connectivity index (χ1v) is 13.7. The second-order valence-electron chi connectivity index (χ2n) is 13.2. The van der Waals surface area contributed by atoms with Gasteiger partial charge in [0.2, 0.25) is 0 Å². The number of aliphatic hydroxyl groups is 1. The van der Waals surface area contributed by atoms with Crippen molar-refractivity contribution >= 4 is 23.7 Å². The molecule has 9 atom stereocenters. The molecule has 0 unspecified atom stereocenters. The quantitative estimate of drug-likeness (QED) is 0.435. The van der Waals surface area contributed by atoms with Crippen LogP contribution in [0.15, 0.2) is 23.5 Å². The first kappa shape index (κ1) is 25.7. The van der Waals surface area contributed by atoms with Crippen LogP contribution in [-0.2, 0) is 38.1 Å². The number of esters is 3. The second kappa shape index (κ2) is 8.01. The number of ether oxygens (including phenoxy) is 4. The molecule has 206 valence electrons. The fourth-order valence-corrected chi connectivity index (χ4v) is 8.74. The number of hydrogen-bond acceptors (Lipinski definition) is 9. The van der Waals surface area contributed by atoms with Gasteiger partial charge in [0, 0.05) is 41.1 Å². The summed E-state index contributed by atoms with van der Waals surface area (Å²) in [6, 6.07) is 0. The highest BCUT2D eigenvalue weighted by atomic mass is 16.6. The Labute approximate surface area is 221 Å². The lowest BCUT2D eigenvalue weighted by molar-refractivity contribution is -0.177. The Hall–Kier alpha value is -2.52. The van der Waals surface area contributed by atoms with Crippen molar-refractivity contribution in [1.29, 1.82) is 0 Å². The number of hydrogen-bond donors (Lipinski definition) is 1. The predicted molar refractivity (Wildman–Crippen MR) is 131 cm³/mol. The maximum absolute atomic E-state index is 13.9. The highest BCUT2D eigenvalue weighted by molar-refractivity contribution is 5.94. The largest absolute Gasteiger partial charge is 0.462 e. The summed E-state index contributed by atoms with van der Waals surface area (Å²) < 4.78 is 23.5. The van der Waals surface area contributed by atoms with Crippen LogP contribution in [0.25, 0.3) is 0 Å². The lowest BCUT2D eigenvalue weighted by atomic mass is 9.64. The van der Waals surface area contributed by atoms with Crippen LogP contribution in [0.5, 0.6) is 0 Å². The highest BCUT2D eigenvalue weighted by Crippen LogP contribution is 2.64. The molecule has 2 aliphatic carbocycles. The van der Waals surface area contributed by atoms with Gasteiger partial charge in [-0.3, -0.25) is 14.4 Å². The standard InChI is InChI=1S/C29H36O9/c1-14(8-16-9-15(2)25(33)35-16)24(32)27(5)12-22(31)36-23-17-6-7-19-26(3,4)37-20-10-21(30)38-29(19,20)13-28(17,34)11-18(23)27/h8-9,14,17-20,23,34H,6-7,10-13H2,1-5H3/b16-8+/t14-,17+,18-,19-,20+,23+,27+,28-,29+/m0/s1. The molecular weight excluding hydrogens is 492 g/mol. The fourth-order valence-electron chi connectivity index (χ4n) is 8.74. The molecule has 0 aromatic heterocycles. The molecule has 5 fully saturated rings. The van der Waals surface area contributed by atoms with Crippen molar-refractivity contribution in [1.82, 2.24) is 0 Å². The Balaban J connectivity index is 1.33. The Kier molecular flexibility index (Phi) is 5.42. The van der Waals surface area contributed by atoms with E-state index in [9.17, 15) is 24.3 Å². The van der Waals surface area contributed by atoms with Crippen LogP contribution >= 0.6 is 0 Å². The van der Waals surface area contributed by atoms with E-state index < -0.39 is 58.2 Å². The molecule has 0 aromatic carbocycles. The number of Topliss-reactive ketones (excluding diaryl/α,β-unsaturated/α-hetero) is 1. The van der Waals surface area contributed by atoms with Crippen molar-refractivity contribution in [2.24, 2.45) is 29.1 Å². The zero-order valence-corrected chi connectivity index (χ0v) is 22.6. The first-order valence-electron chi connectivity index (χ1n) is 13.7. The van der Waals surface area contributed by atoms with E-state index in [0.29, 0.717) is 24.2 Å². The monoisotopic (exact) mass is 528 g/mol. The maximum atomic E-state index is 13.9. The average molecular weight is 529 g/mol. The highest BCUT2D eigenvalue weighted by Gasteiger charge is 2.73. The number of allylic oxidation sites excluding steroid dienone is 2. The molecule has 0 bridgehead atoms. The molecule has 6 rings (SSSR count). The summed E-state index contributed by atoms with van der Waals surface area (Å²) in [6.45, 7) is 9.18. The molecule has 4 aliphatic heterocycles. The summed E-state index contributed by atoms with van der Waals surface area (Å²) >= 11 is 0. The lowest BCUT2D eigenvalue weighted by Gasteiger charge is -2.43. The van der Waals surface area contributed by atoms with E-state index in [1.54, 1.807) is 32.9 Å². The van der Waals surface area contributed by atoms with Crippen LogP contribution in [0.4, 0.5) is 0 Å². The number of cyclic esters (lactones) is 1. The van der Waals surface area contributed by atoms with Gasteiger partial charge < -0.3 is 24.1 Å². The van der Waals surface area contributed by atoms with Gasteiger partial charge >= 0.3 is 17.9 Å². The van der Waals surface area contributed by atoms with Gasteiger partial charge in [-0.15, -0.1) is 0 Å². The van der Waals surface area contributed by atoms with Gasteiger partial charge in [-0.1, -0.05) is 13.8 Å². The Morgan fingerprint density at radius 1 is 1.13 bits per heavy atom. The Morgan fingerprint density at radius 2 is 1.87 bits per heavy atom. The molecule has 2 saturated carbocycles. The molecule has 0 amide bonds. The zero-order chi connectivity index (χ0) is 27.4. The maximum Gasteiger partial charge on any atom is 0.339 e. The van der Waals surface area contributed by atoms with E-state index in [2.05, 4.69) is 0 Å². The lowest BCUT2D eigenvalue weighted by Crippen LogP contribution is -2.50. The molecule has 9 heteroatoms. The Morgan fingerprint density at radius 3 is 2.55 bits per heavy atom. The SMILES string of the molecule is CC1=C/C(=C\[C@H](C)C(=O)[C@]2(C)CC(=O)O[C@@H]3[C@H]4CC[C@H]5C(C)(C)O[C@@H]6CC(=O)O[C@@]65C[C@@]4(O)C[C@@H]32)OC1=O. The molecule has 38 heavy (non-hydrogen) atoms. The van der Waals surface area contributed by atoms with E-state index in [4.69, 9.17) is 18.9 Å². The van der Waals surface area contributed by atoms with Crippen molar-refractivity contribution in [2.75, 3.05) is 0 Å². The smallest absolute Gasteiger partial charge is 0.339 e. The third-order valence-corrected chi connectivity index (χ3v) is 10.4. The van der Waals surface area contributed by atoms with Crippen molar-refractivity contribution in [2.45, 2.75) is 102 Å². The van der Waals surface area contributed by atoms with Crippen molar-refractivity contribution in [3.05, 3.63) is 23.5 Å². The number of carbonyl (C=O) groups is 4. The second-order valence-corrected chi connectivity index (χ2v) is 13.2. The minimum absolute atomic E-state index is 0.0838.